The number of rotatable bonds is 5. The van der Waals surface area contributed by atoms with E-state index in [1.807, 2.05) is 37.3 Å². The molecule has 3 aromatic rings. The second-order valence-electron chi connectivity index (χ2n) is 5.48. The number of hydrogen-bond acceptors (Lipinski definition) is 5. The van der Waals surface area contributed by atoms with Crippen molar-refractivity contribution in [1.82, 2.24) is 14.9 Å². The Hall–Kier alpha value is -2.51. The van der Waals surface area contributed by atoms with Crippen LogP contribution in [-0.2, 0) is 10.0 Å². The normalized spacial score (nSPS) is 12.9. The van der Waals surface area contributed by atoms with Crippen molar-refractivity contribution in [3.63, 3.8) is 0 Å². The van der Waals surface area contributed by atoms with Crippen molar-refractivity contribution in [3.05, 3.63) is 66.1 Å². The van der Waals surface area contributed by atoms with Crippen LogP contribution in [0.1, 0.15) is 24.4 Å². The quantitative estimate of drug-likeness (QED) is 0.769. The van der Waals surface area contributed by atoms with Crippen LogP contribution in [0.25, 0.3) is 11.4 Å². The Morgan fingerprint density at radius 2 is 1.71 bits per heavy atom. The summed E-state index contributed by atoms with van der Waals surface area (Å²) < 4.78 is 32.5. The van der Waals surface area contributed by atoms with Gasteiger partial charge in [0, 0.05) is 5.56 Å². The van der Waals surface area contributed by atoms with Crippen molar-refractivity contribution in [2.45, 2.75) is 24.8 Å². The number of nitrogens with one attached hydrogen (secondary N) is 1. The van der Waals surface area contributed by atoms with Gasteiger partial charge in [0.05, 0.1) is 10.9 Å². The van der Waals surface area contributed by atoms with Gasteiger partial charge < -0.3 is 4.52 Å². The van der Waals surface area contributed by atoms with Crippen LogP contribution in [0.3, 0.4) is 0 Å². The molecule has 0 aliphatic carbocycles. The Morgan fingerprint density at radius 3 is 2.38 bits per heavy atom. The van der Waals surface area contributed by atoms with Gasteiger partial charge in [-0.3, -0.25) is 0 Å². The van der Waals surface area contributed by atoms with Gasteiger partial charge in [0.15, 0.2) is 0 Å². The van der Waals surface area contributed by atoms with Crippen LogP contribution in [0.15, 0.2) is 64.0 Å². The molecule has 2 aromatic carbocycles. The standard InChI is InChI=1S/C17H17N3O3S/c1-12-8-10-15(11-9-12)24(21,22)20-13(2)17-18-16(19-23-17)14-6-4-3-5-7-14/h3-11,13,20H,1-2H3. The topological polar surface area (TPSA) is 85.1 Å². The summed E-state index contributed by atoms with van der Waals surface area (Å²) in [5, 5.41) is 3.90. The molecule has 0 bridgehead atoms. The average Bonchev–Trinajstić information content (AvgIpc) is 3.06. The van der Waals surface area contributed by atoms with Gasteiger partial charge in [-0.1, -0.05) is 53.2 Å². The van der Waals surface area contributed by atoms with Crippen LogP contribution in [0.5, 0.6) is 0 Å². The van der Waals surface area contributed by atoms with E-state index in [1.165, 1.54) is 0 Å². The molecule has 1 unspecified atom stereocenters. The predicted octanol–water partition coefficient (Wildman–Crippen LogP) is 3.08. The Labute approximate surface area is 140 Å². The number of benzene rings is 2. The highest BCUT2D eigenvalue weighted by Crippen LogP contribution is 2.20. The first-order valence-electron chi connectivity index (χ1n) is 7.44. The predicted molar refractivity (Wildman–Crippen MR) is 89.6 cm³/mol. The van der Waals surface area contributed by atoms with E-state index in [4.69, 9.17) is 4.52 Å². The first-order valence-corrected chi connectivity index (χ1v) is 8.92. The monoisotopic (exact) mass is 343 g/mol. The van der Waals surface area contributed by atoms with E-state index in [1.54, 1.807) is 31.2 Å². The molecule has 0 aliphatic heterocycles. The molecule has 0 fully saturated rings. The summed E-state index contributed by atoms with van der Waals surface area (Å²) >= 11 is 0. The molecule has 0 spiro atoms. The fourth-order valence-corrected chi connectivity index (χ4v) is 3.38. The Bertz CT molecular complexity index is 919. The fourth-order valence-electron chi connectivity index (χ4n) is 2.18. The maximum atomic E-state index is 12.4. The number of aromatic nitrogens is 2. The summed E-state index contributed by atoms with van der Waals surface area (Å²) in [4.78, 5) is 4.46. The Balaban J connectivity index is 1.79. The molecule has 1 aromatic heterocycles. The van der Waals surface area contributed by atoms with Gasteiger partial charge >= 0.3 is 0 Å². The van der Waals surface area contributed by atoms with E-state index >= 15 is 0 Å². The summed E-state index contributed by atoms with van der Waals surface area (Å²) in [6, 6.07) is 15.3. The summed E-state index contributed by atoms with van der Waals surface area (Å²) in [6.07, 6.45) is 0. The first-order chi connectivity index (χ1) is 11.5. The zero-order chi connectivity index (χ0) is 17.2. The molecule has 24 heavy (non-hydrogen) atoms. The zero-order valence-corrected chi connectivity index (χ0v) is 14.1. The van der Waals surface area contributed by atoms with E-state index in [-0.39, 0.29) is 10.8 Å². The molecule has 0 radical (unpaired) electrons. The number of nitrogens with zero attached hydrogens (tertiary/aromatic N) is 2. The Morgan fingerprint density at radius 1 is 1.04 bits per heavy atom. The molecule has 0 aliphatic rings. The van der Waals surface area contributed by atoms with Crippen LogP contribution >= 0.6 is 0 Å². The van der Waals surface area contributed by atoms with Crippen molar-refractivity contribution in [2.24, 2.45) is 0 Å². The lowest BCUT2D eigenvalue weighted by Crippen LogP contribution is -2.27. The van der Waals surface area contributed by atoms with Crippen molar-refractivity contribution < 1.29 is 12.9 Å². The van der Waals surface area contributed by atoms with Gasteiger partial charge in [-0.15, -0.1) is 0 Å². The van der Waals surface area contributed by atoms with E-state index in [2.05, 4.69) is 14.9 Å². The summed E-state index contributed by atoms with van der Waals surface area (Å²) in [6.45, 7) is 3.56. The highest BCUT2D eigenvalue weighted by molar-refractivity contribution is 7.89. The average molecular weight is 343 g/mol. The van der Waals surface area contributed by atoms with Gasteiger partial charge in [0.25, 0.3) is 0 Å². The number of aryl methyl sites for hydroxylation is 1. The second-order valence-corrected chi connectivity index (χ2v) is 7.19. The molecule has 124 valence electrons. The molecular weight excluding hydrogens is 326 g/mol. The highest BCUT2D eigenvalue weighted by Gasteiger charge is 2.22. The van der Waals surface area contributed by atoms with Crippen LogP contribution in [0.4, 0.5) is 0 Å². The third-order valence-electron chi connectivity index (χ3n) is 3.51. The third-order valence-corrected chi connectivity index (χ3v) is 5.06. The smallest absolute Gasteiger partial charge is 0.244 e. The molecule has 0 saturated carbocycles. The van der Waals surface area contributed by atoms with Crippen LogP contribution < -0.4 is 4.72 Å². The minimum absolute atomic E-state index is 0.197. The Kier molecular flexibility index (Phi) is 4.46. The molecular formula is C17H17N3O3S. The molecule has 7 heteroatoms. The fraction of sp³-hybridized carbons (Fsp3) is 0.176. The highest BCUT2D eigenvalue weighted by atomic mass is 32.2. The maximum absolute atomic E-state index is 12.4. The molecule has 1 N–H and O–H groups in total. The molecule has 6 nitrogen and oxygen atoms in total. The van der Waals surface area contributed by atoms with Crippen LogP contribution in [0, 0.1) is 6.92 Å². The lowest BCUT2D eigenvalue weighted by atomic mass is 10.2. The molecule has 1 heterocycles. The van der Waals surface area contributed by atoms with Gasteiger partial charge in [-0.25, -0.2) is 8.42 Å². The largest absolute Gasteiger partial charge is 0.337 e. The summed E-state index contributed by atoms with van der Waals surface area (Å²) in [7, 11) is -3.66. The molecule has 3 rings (SSSR count). The van der Waals surface area contributed by atoms with Crippen LogP contribution in [-0.4, -0.2) is 18.6 Å². The van der Waals surface area contributed by atoms with Crippen molar-refractivity contribution in [2.75, 3.05) is 0 Å². The molecule has 1 atom stereocenters. The van der Waals surface area contributed by atoms with Crippen molar-refractivity contribution in [3.8, 4) is 11.4 Å². The zero-order valence-electron chi connectivity index (χ0n) is 13.3. The number of hydrogen-bond donors (Lipinski definition) is 1. The van der Waals surface area contributed by atoms with Gasteiger partial charge in [0.1, 0.15) is 0 Å². The van der Waals surface area contributed by atoms with Crippen molar-refractivity contribution >= 4 is 10.0 Å². The number of sulfonamides is 1. The molecule has 0 amide bonds. The van der Waals surface area contributed by atoms with Gasteiger partial charge in [-0.2, -0.15) is 9.71 Å². The van der Waals surface area contributed by atoms with E-state index in [0.29, 0.717) is 5.82 Å². The summed E-state index contributed by atoms with van der Waals surface area (Å²) in [5.41, 5.74) is 1.80. The molecule has 0 saturated heterocycles. The second kappa shape index (κ2) is 6.54. The lowest BCUT2D eigenvalue weighted by Gasteiger charge is -2.10. The van der Waals surface area contributed by atoms with Crippen molar-refractivity contribution in [1.29, 1.82) is 0 Å². The summed E-state index contributed by atoms with van der Waals surface area (Å²) in [5.74, 6) is 0.636. The minimum atomic E-state index is -3.66. The van der Waals surface area contributed by atoms with Crippen LogP contribution in [0.2, 0.25) is 0 Å². The van der Waals surface area contributed by atoms with Gasteiger partial charge in [0.2, 0.25) is 21.7 Å². The minimum Gasteiger partial charge on any atom is -0.337 e. The lowest BCUT2D eigenvalue weighted by molar-refractivity contribution is 0.354. The van der Waals surface area contributed by atoms with E-state index in [9.17, 15) is 8.42 Å². The van der Waals surface area contributed by atoms with E-state index < -0.39 is 16.1 Å². The van der Waals surface area contributed by atoms with E-state index in [0.717, 1.165) is 11.1 Å². The maximum Gasteiger partial charge on any atom is 0.244 e. The van der Waals surface area contributed by atoms with Gasteiger partial charge in [-0.05, 0) is 26.0 Å². The first kappa shape index (κ1) is 16.4. The SMILES string of the molecule is Cc1ccc(S(=O)(=O)NC(C)c2nc(-c3ccccc3)no2)cc1. The third kappa shape index (κ3) is 3.52.